The molecule has 6 atom stereocenters. The highest BCUT2D eigenvalue weighted by Crippen LogP contribution is 2.54. The van der Waals surface area contributed by atoms with E-state index in [1.807, 2.05) is 0 Å². The fourth-order valence-corrected chi connectivity index (χ4v) is 4.87. The van der Waals surface area contributed by atoms with Gasteiger partial charge in [0.25, 0.3) is 0 Å². The summed E-state index contributed by atoms with van der Waals surface area (Å²) in [7, 11) is 0. The molecule has 2 rings (SSSR count). The molecule has 0 nitrogen and oxygen atoms in total. The largest absolute Gasteiger partial charge is 0.0822 e. The van der Waals surface area contributed by atoms with E-state index in [4.69, 9.17) is 0 Å². The van der Waals surface area contributed by atoms with Crippen LogP contribution in [0.1, 0.15) is 67.2 Å². The van der Waals surface area contributed by atoms with Gasteiger partial charge in [-0.2, -0.15) is 0 Å². The summed E-state index contributed by atoms with van der Waals surface area (Å²) in [6, 6.07) is 0. The zero-order valence-electron chi connectivity index (χ0n) is 13.9. The Morgan fingerprint density at radius 1 is 1.16 bits per heavy atom. The summed E-state index contributed by atoms with van der Waals surface area (Å²) in [6.45, 7) is 14.6. The quantitative estimate of drug-likeness (QED) is 0.551. The van der Waals surface area contributed by atoms with E-state index in [1.165, 1.54) is 25.7 Å². The van der Waals surface area contributed by atoms with Gasteiger partial charge in [0.05, 0.1) is 0 Å². The summed E-state index contributed by atoms with van der Waals surface area (Å²) in [5.41, 5.74) is 1.71. The lowest BCUT2D eigenvalue weighted by Crippen LogP contribution is -2.46. The second-order valence-corrected chi connectivity index (χ2v) is 7.80. The first-order chi connectivity index (χ1) is 8.95. The van der Waals surface area contributed by atoms with Gasteiger partial charge in [0.2, 0.25) is 0 Å². The lowest BCUT2D eigenvalue weighted by molar-refractivity contribution is -0.0340. The second-order valence-electron chi connectivity index (χ2n) is 7.80. The molecule has 1 saturated carbocycles. The molecule has 2 aliphatic carbocycles. The van der Waals surface area contributed by atoms with Crippen molar-refractivity contribution in [3.8, 4) is 0 Å². The Labute approximate surface area is 121 Å². The van der Waals surface area contributed by atoms with Crippen LogP contribution in [0.15, 0.2) is 11.6 Å². The maximum Gasteiger partial charge on any atom is -0.0228 e. The Kier molecular flexibility index (Phi) is 4.79. The molecule has 1 fully saturated rings. The van der Waals surface area contributed by atoms with Crippen molar-refractivity contribution >= 4 is 0 Å². The molecule has 0 heterocycles. The second kappa shape index (κ2) is 6.02. The highest BCUT2D eigenvalue weighted by atomic mass is 14.5. The Bertz CT molecular complexity index is 325. The third kappa shape index (κ3) is 2.93. The third-order valence-corrected chi connectivity index (χ3v) is 6.43. The van der Waals surface area contributed by atoms with Crippen molar-refractivity contribution in [3.63, 3.8) is 0 Å². The van der Waals surface area contributed by atoms with Gasteiger partial charge in [-0.1, -0.05) is 53.2 Å². The average Bonchev–Trinajstić information content (AvgIpc) is 2.36. The zero-order chi connectivity index (χ0) is 14.2. The highest BCUT2D eigenvalue weighted by Gasteiger charge is 2.46. The van der Waals surface area contributed by atoms with Crippen molar-refractivity contribution in [1.82, 2.24) is 0 Å². The first kappa shape index (κ1) is 15.1. The van der Waals surface area contributed by atoms with Gasteiger partial charge in [-0.05, 0) is 67.1 Å². The van der Waals surface area contributed by atoms with Crippen LogP contribution in [-0.4, -0.2) is 0 Å². The van der Waals surface area contributed by atoms with E-state index < -0.39 is 0 Å². The van der Waals surface area contributed by atoms with Gasteiger partial charge in [0.15, 0.2) is 0 Å². The molecule has 0 aromatic carbocycles. The first-order valence-corrected chi connectivity index (χ1v) is 8.65. The third-order valence-electron chi connectivity index (χ3n) is 6.43. The van der Waals surface area contributed by atoms with E-state index in [1.54, 1.807) is 5.57 Å². The molecule has 0 aromatic rings. The summed E-state index contributed by atoms with van der Waals surface area (Å²) in [5, 5.41) is 0. The number of hydrogen-bond acceptors (Lipinski definition) is 0. The van der Waals surface area contributed by atoms with Crippen molar-refractivity contribution in [2.24, 2.45) is 41.4 Å². The van der Waals surface area contributed by atoms with Gasteiger partial charge >= 0.3 is 0 Å². The van der Waals surface area contributed by atoms with Gasteiger partial charge in [0.1, 0.15) is 0 Å². The van der Waals surface area contributed by atoms with E-state index >= 15 is 0 Å². The van der Waals surface area contributed by atoms with Crippen LogP contribution in [-0.2, 0) is 0 Å². The van der Waals surface area contributed by atoms with E-state index in [2.05, 4.69) is 47.6 Å². The molecule has 0 N–H and O–H groups in total. The Hall–Kier alpha value is -0.260. The van der Waals surface area contributed by atoms with E-state index in [9.17, 15) is 0 Å². The van der Waals surface area contributed by atoms with Crippen molar-refractivity contribution in [2.75, 3.05) is 0 Å². The Balaban J connectivity index is 2.05. The topological polar surface area (TPSA) is 0 Å². The molecule has 2 aliphatic rings. The van der Waals surface area contributed by atoms with Gasteiger partial charge < -0.3 is 0 Å². The summed E-state index contributed by atoms with van der Waals surface area (Å²) in [6.07, 6.45) is 8.20. The van der Waals surface area contributed by atoms with E-state index in [-0.39, 0.29) is 0 Å². The summed E-state index contributed by atoms with van der Waals surface area (Å²) >= 11 is 0. The summed E-state index contributed by atoms with van der Waals surface area (Å²) in [5.74, 6) is 6.50. The van der Waals surface area contributed by atoms with Crippen LogP contribution in [0.3, 0.4) is 0 Å². The predicted molar refractivity (Wildman–Crippen MR) is 85.0 cm³/mol. The minimum absolute atomic E-state index is 0.822. The van der Waals surface area contributed by atoms with Crippen LogP contribution in [0.2, 0.25) is 0 Å². The minimum Gasteiger partial charge on any atom is -0.0822 e. The molecule has 0 aromatic heterocycles. The lowest BCUT2D eigenvalue weighted by atomic mass is 9.52. The van der Waals surface area contributed by atoms with Crippen molar-refractivity contribution in [2.45, 2.75) is 67.2 Å². The molecule has 0 bridgehead atoms. The molecular weight excluding hydrogens is 228 g/mol. The molecule has 0 spiro atoms. The SMILES string of the molecule is CCC1=CC(C)C(C2CC(C)C2C(C)C(C)C)CC1. The fourth-order valence-electron chi connectivity index (χ4n) is 4.87. The molecule has 0 heteroatoms. The smallest absolute Gasteiger partial charge is 0.0228 e. The van der Waals surface area contributed by atoms with E-state index in [0.29, 0.717) is 0 Å². The minimum atomic E-state index is 0.822. The number of hydrogen-bond donors (Lipinski definition) is 0. The lowest BCUT2D eigenvalue weighted by Gasteiger charge is -2.53. The van der Waals surface area contributed by atoms with Gasteiger partial charge in [-0.3, -0.25) is 0 Å². The standard InChI is InChI=1S/C19H34/c1-7-16-8-9-17(13(4)10-16)18-11-14(5)19(18)15(6)12(2)3/h10,12-15,17-19H,7-9,11H2,1-6H3. The zero-order valence-corrected chi connectivity index (χ0v) is 13.9. The van der Waals surface area contributed by atoms with Gasteiger partial charge in [-0.15, -0.1) is 0 Å². The average molecular weight is 262 g/mol. The van der Waals surface area contributed by atoms with Gasteiger partial charge in [0, 0.05) is 0 Å². The monoisotopic (exact) mass is 262 g/mol. The highest BCUT2D eigenvalue weighted by molar-refractivity contribution is 5.11. The number of rotatable bonds is 4. The molecule has 0 saturated heterocycles. The van der Waals surface area contributed by atoms with Crippen LogP contribution in [0.25, 0.3) is 0 Å². The summed E-state index contributed by atoms with van der Waals surface area (Å²) in [4.78, 5) is 0. The normalized spacial score (nSPS) is 40.8. The van der Waals surface area contributed by atoms with Gasteiger partial charge in [-0.25, -0.2) is 0 Å². The van der Waals surface area contributed by atoms with Crippen molar-refractivity contribution in [3.05, 3.63) is 11.6 Å². The molecular formula is C19H34. The van der Waals surface area contributed by atoms with Crippen LogP contribution < -0.4 is 0 Å². The number of allylic oxidation sites excluding steroid dienone is 2. The molecule has 110 valence electrons. The molecule has 6 unspecified atom stereocenters. The fraction of sp³-hybridized carbons (Fsp3) is 0.895. The molecule has 0 aliphatic heterocycles. The maximum atomic E-state index is 2.61. The molecule has 19 heavy (non-hydrogen) atoms. The van der Waals surface area contributed by atoms with Crippen LogP contribution >= 0.6 is 0 Å². The molecule has 0 amide bonds. The molecule has 0 radical (unpaired) electrons. The first-order valence-electron chi connectivity index (χ1n) is 8.65. The van der Waals surface area contributed by atoms with Crippen LogP contribution in [0, 0.1) is 41.4 Å². The maximum absolute atomic E-state index is 2.61. The summed E-state index contributed by atoms with van der Waals surface area (Å²) < 4.78 is 0. The van der Waals surface area contributed by atoms with E-state index in [0.717, 1.165) is 41.4 Å². The predicted octanol–water partition coefficient (Wildman–Crippen LogP) is 5.93. The Morgan fingerprint density at radius 2 is 1.84 bits per heavy atom. The Morgan fingerprint density at radius 3 is 2.32 bits per heavy atom. The van der Waals surface area contributed by atoms with Crippen LogP contribution in [0.5, 0.6) is 0 Å². The van der Waals surface area contributed by atoms with Crippen molar-refractivity contribution < 1.29 is 0 Å². The van der Waals surface area contributed by atoms with Crippen LogP contribution in [0.4, 0.5) is 0 Å². The van der Waals surface area contributed by atoms with Crippen molar-refractivity contribution in [1.29, 1.82) is 0 Å².